The summed E-state index contributed by atoms with van der Waals surface area (Å²) in [6.07, 6.45) is 5.73. The van der Waals surface area contributed by atoms with Crippen LogP contribution in [0.1, 0.15) is 36.8 Å². The quantitative estimate of drug-likeness (QED) is 0.578. The molecule has 0 spiro atoms. The zero-order valence-corrected chi connectivity index (χ0v) is 13.6. The van der Waals surface area contributed by atoms with Crippen LogP contribution < -0.4 is 5.32 Å². The molecular formula is C17H27NOS. The maximum absolute atomic E-state index is 5.08. The third kappa shape index (κ3) is 5.12. The van der Waals surface area contributed by atoms with E-state index in [0.717, 1.165) is 25.6 Å². The van der Waals surface area contributed by atoms with Crippen molar-refractivity contribution < 1.29 is 4.74 Å². The zero-order valence-electron chi connectivity index (χ0n) is 12.8. The lowest BCUT2D eigenvalue weighted by Gasteiger charge is -2.13. The molecular weight excluding hydrogens is 266 g/mol. The van der Waals surface area contributed by atoms with Crippen LogP contribution in [-0.4, -0.2) is 26.0 Å². The Morgan fingerprint density at radius 1 is 1.30 bits per heavy atom. The number of rotatable bonds is 8. The Hall–Kier alpha value is -0.510. The Balaban J connectivity index is 1.88. The van der Waals surface area contributed by atoms with Crippen molar-refractivity contribution in [3.63, 3.8) is 0 Å². The lowest BCUT2D eigenvalue weighted by molar-refractivity contribution is 0.199. The van der Waals surface area contributed by atoms with Crippen molar-refractivity contribution in [2.45, 2.75) is 44.0 Å². The number of thioether (sulfide) groups is 1. The molecule has 1 aromatic rings. The van der Waals surface area contributed by atoms with E-state index < -0.39 is 0 Å². The van der Waals surface area contributed by atoms with Crippen molar-refractivity contribution in [1.29, 1.82) is 0 Å². The first-order valence-electron chi connectivity index (χ1n) is 7.71. The molecule has 0 aromatic heterocycles. The highest BCUT2D eigenvalue weighted by Gasteiger charge is 2.15. The van der Waals surface area contributed by atoms with Crippen LogP contribution in [0.4, 0.5) is 0 Å². The number of benzene rings is 1. The third-order valence-corrected chi connectivity index (χ3v) is 5.31. The summed E-state index contributed by atoms with van der Waals surface area (Å²) in [4.78, 5) is 1.45. The van der Waals surface area contributed by atoms with E-state index in [0.29, 0.717) is 0 Å². The minimum absolute atomic E-state index is 0.774. The number of ether oxygens (including phenoxy) is 1. The SMILES string of the molecule is COCCNCc1cc(C)ccc1SCC1CCCC1. The van der Waals surface area contributed by atoms with Gasteiger partial charge >= 0.3 is 0 Å². The van der Waals surface area contributed by atoms with Crippen LogP contribution in [0.2, 0.25) is 0 Å². The largest absolute Gasteiger partial charge is 0.383 e. The maximum Gasteiger partial charge on any atom is 0.0587 e. The van der Waals surface area contributed by atoms with Gasteiger partial charge in [0, 0.05) is 30.8 Å². The van der Waals surface area contributed by atoms with E-state index in [9.17, 15) is 0 Å². The summed E-state index contributed by atoms with van der Waals surface area (Å²) in [5.74, 6) is 2.23. The van der Waals surface area contributed by atoms with Crippen molar-refractivity contribution in [1.82, 2.24) is 5.32 Å². The molecule has 1 N–H and O–H groups in total. The van der Waals surface area contributed by atoms with Gasteiger partial charge in [0.15, 0.2) is 0 Å². The second kappa shape index (κ2) is 8.71. The predicted molar refractivity (Wildman–Crippen MR) is 87.4 cm³/mol. The van der Waals surface area contributed by atoms with Gasteiger partial charge in [-0.2, -0.15) is 0 Å². The molecule has 0 amide bonds. The molecule has 0 bridgehead atoms. The molecule has 0 heterocycles. The molecule has 3 heteroatoms. The van der Waals surface area contributed by atoms with E-state index in [-0.39, 0.29) is 0 Å². The number of nitrogens with one attached hydrogen (secondary N) is 1. The van der Waals surface area contributed by atoms with Gasteiger partial charge in [-0.1, -0.05) is 30.5 Å². The molecule has 1 aliphatic carbocycles. The molecule has 0 radical (unpaired) electrons. The monoisotopic (exact) mass is 293 g/mol. The summed E-state index contributed by atoms with van der Waals surface area (Å²) >= 11 is 2.05. The van der Waals surface area contributed by atoms with Crippen LogP contribution in [0.3, 0.4) is 0 Å². The van der Waals surface area contributed by atoms with E-state index in [4.69, 9.17) is 4.74 Å². The van der Waals surface area contributed by atoms with Crippen LogP contribution in [0.5, 0.6) is 0 Å². The van der Waals surface area contributed by atoms with Crippen molar-refractivity contribution >= 4 is 11.8 Å². The molecule has 0 unspecified atom stereocenters. The second-order valence-electron chi connectivity index (χ2n) is 5.74. The number of hydrogen-bond donors (Lipinski definition) is 1. The standard InChI is InChI=1S/C17H27NOS/c1-14-7-8-17(20-13-15-5-3-4-6-15)16(11-14)12-18-9-10-19-2/h7-8,11,15,18H,3-6,9-10,12-13H2,1-2H3. The predicted octanol–water partition coefficient (Wildman–Crippen LogP) is 4.01. The Morgan fingerprint density at radius 3 is 2.85 bits per heavy atom. The van der Waals surface area contributed by atoms with E-state index in [1.807, 2.05) is 11.8 Å². The van der Waals surface area contributed by atoms with Gasteiger partial charge in [-0.05, 0) is 37.3 Å². The van der Waals surface area contributed by atoms with Gasteiger partial charge in [0.2, 0.25) is 0 Å². The second-order valence-corrected chi connectivity index (χ2v) is 6.80. The zero-order chi connectivity index (χ0) is 14.2. The summed E-state index contributed by atoms with van der Waals surface area (Å²) in [5.41, 5.74) is 2.78. The Morgan fingerprint density at radius 2 is 2.10 bits per heavy atom. The molecule has 1 fully saturated rings. The van der Waals surface area contributed by atoms with Gasteiger partial charge in [0.25, 0.3) is 0 Å². The fourth-order valence-corrected chi connectivity index (χ4v) is 4.00. The third-order valence-electron chi connectivity index (χ3n) is 3.96. The Labute approximate surface area is 127 Å². The van der Waals surface area contributed by atoms with E-state index in [1.165, 1.54) is 47.5 Å². The molecule has 1 aliphatic rings. The molecule has 112 valence electrons. The topological polar surface area (TPSA) is 21.3 Å². The van der Waals surface area contributed by atoms with Crippen LogP contribution in [0.15, 0.2) is 23.1 Å². The fraction of sp³-hybridized carbons (Fsp3) is 0.647. The average molecular weight is 293 g/mol. The van der Waals surface area contributed by atoms with E-state index in [2.05, 4.69) is 30.4 Å². The van der Waals surface area contributed by atoms with Crippen molar-refractivity contribution in [2.75, 3.05) is 26.0 Å². The highest BCUT2D eigenvalue weighted by Crippen LogP contribution is 2.32. The lowest BCUT2D eigenvalue weighted by Crippen LogP contribution is -2.19. The summed E-state index contributed by atoms with van der Waals surface area (Å²) in [5, 5.41) is 3.46. The highest BCUT2D eigenvalue weighted by atomic mass is 32.2. The van der Waals surface area contributed by atoms with Crippen molar-refractivity contribution in [3.05, 3.63) is 29.3 Å². The molecule has 2 nitrogen and oxygen atoms in total. The van der Waals surface area contributed by atoms with Gasteiger partial charge in [-0.25, -0.2) is 0 Å². The van der Waals surface area contributed by atoms with Crippen LogP contribution in [-0.2, 0) is 11.3 Å². The van der Waals surface area contributed by atoms with Crippen LogP contribution in [0, 0.1) is 12.8 Å². The normalized spacial score (nSPS) is 15.9. The molecule has 0 saturated heterocycles. The van der Waals surface area contributed by atoms with Crippen LogP contribution >= 0.6 is 11.8 Å². The molecule has 1 aromatic carbocycles. The lowest BCUT2D eigenvalue weighted by atomic mass is 10.1. The van der Waals surface area contributed by atoms with Gasteiger partial charge in [0.05, 0.1) is 6.61 Å². The van der Waals surface area contributed by atoms with Gasteiger partial charge < -0.3 is 10.1 Å². The molecule has 0 atom stereocenters. The molecule has 20 heavy (non-hydrogen) atoms. The van der Waals surface area contributed by atoms with Crippen molar-refractivity contribution in [2.24, 2.45) is 5.92 Å². The van der Waals surface area contributed by atoms with Gasteiger partial charge in [-0.15, -0.1) is 11.8 Å². The van der Waals surface area contributed by atoms with Gasteiger partial charge in [0.1, 0.15) is 0 Å². The van der Waals surface area contributed by atoms with E-state index >= 15 is 0 Å². The number of aryl methyl sites for hydroxylation is 1. The summed E-state index contributed by atoms with van der Waals surface area (Å²) in [7, 11) is 1.75. The van der Waals surface area contributed by atoms with E-state index in [1.54, 1.807) is 7.11 Å². The smallest absolute Gasteiger partial charge is 0.0587 e. The summed E-state index contributed by atoms with van der Waals surface area (Å²) < 4.78 is 5.08. The fourth-order valence-electron chi connectivity index (χ4n) is 2.77. The molecule has 2 rings (SSSR count). The number of methoxy groups -OCH3 is 1. The highest BCUT2D eigenvalue weighted by molar-refractivity contribution is 7.99. The Bertz CT molecular complexity index is 402. The number of hydrogen-bond acceptors (Lipinski definition) is 3. The van der Waals surface area contributed by atoms with Crippen LogP contribution in [0.25, 0.3) is 0 Å². The minimum atomic E-state index is 0.774. The maximum atomic E-state index is 5.08. The Kier molecular flexibility index (Phi) is 6.91. The first-order chi connectivity index (χ1) is 9.79. The average Bonchev–Trinajstić information content (AvgIpc) is 2.96. The first-order valence-corrected chi connectivity index (χ1v) is 8.70. The molecule has 1 saturated carbocycles. The summed E-state index contributed by atoms with van der Waals surface area (Å²) in [6, 6.07) is 6.84. The first kappa shape index (κ1) is 15.9. The molecule has 0 aliphatic heterocycles. The summed E-state index contributed by atoms with van der Waals surface area (Å²) in [6.45, 7) is 4.80. The minimum Gasteiger partial charge on any atom is -0.383 e. The van der Waals surface area contributed by atoms with Crippen molar-refractivity contribution in [3.8, 4) is 0 Å². The van der Waals surface area contributed by atoms with Gasteiger partial charge in [-0.3, -0.25) is 0 Å².